The van der Waals surface area contributed by atoms with Gasteiger partial charge in [-0.2, -0.15) is 0 Å². The lowest BCUT2D eigenvalue weighted by Crippen LogP contribution is -2.40. The van der Waals surface area contributed by atoms with E-state index in [1.165, 1.54) is 6.42 Å². The standard InChI is InChI=1S/C9H16N2O2/c12-9(11-6-1-2-7-11)13-10-8-4-3-5-8/h8,10H,1-7H2. The van der Waals surface area contributed by atoms with E-state index in [1.54, 1.807) is 4.90 Å². The van der Waals surface area contributed by atoms with Gasteiger partial charge in [0.05, 0.1) is 0 Å². The number of nitrogens with one attached hydrogen (secondary N) is 1. The van der Waals surface area contributed by atoms with Gasteiger partial charge in [-0.05, 0) is 25.7 Å². The second-order valence-corrected chi connectivity index (χ2v) is 3.81. The Morgan fingerprint density at radius 3 is 2.46 bits per heavy atom. The minimum Gasteiger partial charge on any atom is -0.353 e. The molecule has 0 radical (unpaired) electrons. The predicted molar refractivity (Wildman–Crippen MR) is 48.1 cm³/mol. The van der Waals surface area contributed by atoms with E-state index in [9.17, 15) is 4.79 Å². The average molecular weight is 184 g/mol. The Morgan fingerprint density at radius 1 is 1.23 bits per heavy atom. The largest absolute Gasteiger partial charge is 0.428 e. The number of carbonyl (C=O) groups excluding carboxylic acids is 1. The van der Waals surface area contributed by atoms with E-state index in [-0.39, 0.29) is 6.09 Å². The first kappa shape index (κ1) is 8.81. The lowest BCUT2D eigenvalue weighted by atomic mass is 9.94. The van der Waals surface area contributed by atoms with Crippen LogP contribution in [0.2, 0.25) is 0 Å². The summed E-state index contributed by atoms with van der Waals surface area (Å²) in [4.78, 5) is 18.1. The maximum atomic E-state index is 11.3. The summed E-state index contributed by atoms with van der Waals surface area (Å²) in [6, 6.07) is 0.409. The molecule has 0 aromatic heterocycles. The molecular formula is C9H16N2O2. The Balaban J connectivity index is 1.65. The molecule has 1 aliphatic carbocycles. The molecule has 4 nitrogen and oxygen atoms in total. The number of carbonyl (C=O) groups is 1. The molecule has 13 heavy (non-hydrogen) atoms. The molecule has 1 amide bonds. The zero-order chi connectivity index (χ0) is 9.10. The fraction of sp³-hybridized carbons (Fsp3) is 0.889. The number of nitrogens with zero attached hydrogens (tertiary/aromatic N) is 1. The van der Waals surface area contributed by atoms with Crippen LogP contribution < -0.4 is 5.48 Å². The van der Waals surface area contributed by atoms with E-state index in [0.717, 1.165) is 38.8 Å². The van der Waals surface area contributed by atoms with Crippen LogP contribution in [0.3, 0.4) is 0 Å². The van der Waals surface area contributed by atoms with E-state index in [2.05, 4.69) is 5.48 Å². The van der Waals surface area contributed by atoms with Gasteiger partial charge in [0.2, 0.25) is 0 Å². The summed E-state index contributed by atoms with van der Waals surface area (Å²) >= 11 is 0. The van der Waals surface area contributed by atoms with Crippen molar-refractivity contribution in [3.05, 3.63) is 0 Å². The fourth-order valence-corrected chi connectivity index (χ4v) is 1.62. The molecule has 1 N–H and O–H groups in total. The Morgan fingerprint density at radius 2 is 1.92 bits per heavy atom. The first-order valence-corrected chi connectivity index (χ1v) is 5.07. The van der Waals surface area contributed by atoms with Crippen molar-refractivity contribution >= 4 is 6.09 Å². The summed E-state index contributed by atoms with van der Waals surface area (Å²) in [7, 11) is 0. The third kappa shape index (κ3) is 2.12. The van der Waals surface area contributed by atoms with Crippen LogP contribution in [0.4, 0.5) is 4.79 Å². The molecule has 2 aliphatic rings. The molecule has 0 bridgehead atoms. The van der Waals surface area contributed by atoms with Crippen LogP contribution in [-0.4, -0.2) is 30.1 Å². The van der Waals surface area contributed by atoms with Crippen molar-refractivity contribution in [2.75, 3.05) is 13.1 Å². The highest BCUT2D eigenvalue weighted by Crippen LogP contribution is 2.18. The lowest BCUT2D eigenvalue weighted by molar-refractivity contribution is 0.0269. The van der Waals surface area contributed by atoms with Gasteiger partial charge >= 0.3 is 6.09 Å². The third-order valence-corrected chi connectivity index (χ3v) is 2.78. The van der Waals surface area contributed by atoms with Gasteiger partial charge in [-0.25, -0.2) is 4.79 Å². The van der Waals surface area contributed by atoms with Crippen molar-refractivity contribution in [3.63, 3.8) is 0 Å². The number of rotatable bonds is 2. The lowest BCUT2D eigenvalue weighted by Gasteiger charge is -2.26. The van der Waals surface area contributed by atoms with Crippen molar-refractivity contribution < 1.29 is 9.63 Å². The van der Waals surface area contributed by atoms with Crippen molar-refractivity contribution in [3.8, 4) is 0 Å². The van der Waals surface area contributed by atoms with Crippen LogP contribution in [0.25, 0.3) is 0 Å². The van der Waals surface area contributed by atoms with Gasteiger partial charge in [-0.3, -0.25) is 0 Å². The topological polar surface area (TPSA) is 41.6 Å². The molecule has 1 aliphatic heterocycles. The van der Waals surface area contributed by atoms with Crippen LogP contribution in [0.5, 0.6) is 0 Å². The highest BCUT2D eigenvalue weighted by molar-refractivity contribution is 5.67. The molecule has 4 heteroatoms. The average Bonchev–Trinajstić information content (AvgIpc) is 2.52. The SMILES string of the molecule is O=C(ONC1CCC1)N1CCCC1. The highest BCUT2D eigenvalue weighted by Gasteiger charge is 2.22. The first-order valence-electron chi connectivity index (χ1n) is 5.07. The van der Waals surface area contributed by atoms with E-state index >= 15 is 0 Å². The van der Waals surface area contributed by atoms with Gasteiger partial charge in [0.25, 0.3) is 0 Å². The number of hydrogen-bond donors (Lipinski definition) is 1. The molecule has 0 aromatic rings. The normalized spacial score (nSPS) is 22.9. The van der Waals surface area contributed by atoms with Gasteiger partial charge in [-0.15, -0.1) is 5.48 Å². The molecule has 0 spiro atoms. The van der Waals surface area contributed by atoms with Crippen molar-refractivity contribution in [1.29, 1.82) is 0 Å². The first-order chi connectivity index (χ1) is 6.36. The van der Waals surface area contributed by atoms with Gasteiger partial charge < -0.3 is 9.74 Å². The van der Waals surface area contributed by atoms with Crippen LogP contribution >= 0.6 is 0 Å². The van der Waals surface area contributed by atoms with Gasteiger partial charge in [0, 0.05) is 19.1 Å². The Hall–Kier alpha value is -0.770. The molecule has 2 rings (SSSR count). The summed E-state index contributed by atoms with van der Waals surface area (Å²) < 4.78 is 0. The number of likely N-dealkylation sites (tertiary alicyclic amines) is 1. The van der Waals surface area contributed by atoms with Crippen LogP contribution in [0.1, 0.15) is 32.1 Å². The Bertz CT molecular complexity index is 186. The Labute approximate surface area is 78.2 Å². The summed E-state index contributed by atoms with van der Waals surface area (Å²) in [5, 5.41) is 0. The van der Waals surface area contributed by atoms with Crippen molar-refractivity contribution in [1.82, 2.24) is 10.4 Å². The molecule has 0 atom stereocenters. The molecule has 1 saturated carbocycles. The van der Waals surface area contributed by atoms with Crippen molar-refractivity contribution in [2.24, 2.45) is 0 Å². The third-order valence-electron chi connectivity index (χ3n) is 2.78. The molecular weight excluding hydrogens is 168 g/mol. The van der Waals surface area contributed by atoms with Crippen LogP contribution in [-0.2, 0) is 4.84 Å². The molecule has 2 fully saturated rings. The number of hydrogen-bond acceptors (Lipinski definition) is 3. The van der Waals surface area contributed by atoms with Crippen molar-refractivity contribution in [2.45, 2.75) is 38.1 Å². The smallest absolute Gasteiger partial charge is 0.353 e. The monoisotopic (exact) mass is 184 g/mol. The summed E-state index contributed by atoms with van der Waals surface area (Å²) in [5.41, 5.74) is 2.80. The molecule has 74 valence electrons. The minimum absolute atomic E-state index is 0.204. The maximum Gasteiger partial charge on any atom is 0.428 e. The van der Waals surface area contributed by atoms with Crippen LogP contribution in [0, 0.1) is 0 Å². The molecule has 1 saturated heterocycles. The fourth-order valence-electron chi connectivity index (χ4n) is 1.62. The zero-order valence-corrected chi connectivity index (χ0v) is 7.79. The zero-order valence-electron chi connectivity index (χ0n) is 7.79. The highest BCUT2D eigenvalue weighted by atomic mass is 16.7. The van der Waals surface area contributed by atoms with E-state index in [0.29, 0.717) is 6.04 Å². The Kier molecular flexibility index (Phi) is 2.68. The maximum absolute atomic E-state index is 11.3. The second-order valence-electron chi connectivity index (χ2n) is 3.81. The van der Waals surface area contributed by atoms with E-state index < -0.39 is 0 Å². The van der Waals surface area contributed by atoms with E-state index in [1.807, 2.05) is 0 Å². The number of amides is 1. The van der Waals surface area contributed by atoms with Gasteiger partial charge in [0.1, 0.15) is 0 Å². The van der Waals surface area contributed by atoms with E-state index in [4.69, 9.17) is 4.84 Å². The molecule has 0 aromatic carbocycles. The molecule has 1 heterocycles. The molecule has 0 unspecified atom stereocenters. The number of hydroxylamine groups is 1. The summed E-state index contributed by atoms with van der Waals surface area (Å²) in [6.07, 6.45) is 5.53. The predicted octanol–water partition coefficient (Wildman–Crippen LogP) is 1.28. The summed E-state index contributed by atoms with van der Waals surface area (Å²) in [6.45, 7) is 1.70. The van der Waals surface area contributed by atoms with Gasteiger partial charge in [-0.1, -0.05) is 6.42 Å². The quantitative estimate of drug-likeness (QED) is 0.657. The minimum atomic E-state index is -0.204. The van der Waals surface area contributed by atoms with Crippen LogP contribution in [0.15, 0.2) is 0 Å². The van der Waals surface area contributed by atoms with Gasteiger partial charge in [0.15, 0.2) is 0 Å². The second kappa shape index (κ2) is 3.96. The summed E-state index contributed by atoms with van der Waals surface area (Å²) in [5.74, 6) is 0.